The van der Waals surface area contributed by atoms with E-state index in [1.165, 1.54) is 18.2 Å². The summed E-state index contributed by atoms with van der Waals surface area (Å²) in [4.78, 5) is 32.9. The predicted molar refractivity (Wildman–Crippen MR) is 150 cm³/mol. The van der Waals surface area contributed by atoms with Crippen LogP contribution in [0.3, 0.4) is 0 Å². The molecule has 1 aliphatic rings. The Morgan fingerprint density at radius 2 is 1.76 bits per heavy atom. The summed E-state index contributed by atoms with van der Waals surface area (Å²) in [5, 5.41) is 3.42. The van der Waals surface area contributed by atoms with Crippen molar-refractivity contribution in [2.24, 2.45) is 11.7 Å². The molecule has 5 rings (SSSR count). The van der Waals surface area contributed by atoms with Gasteiger partial charge in [-0.3, -0.25) is 9.59 Å². The Morgan fingerprint density at radius 1 is 1.02 bits per heavy atom. The van der Waals surface area contributed by atoms with Gasteiger partial charge in [0.05, 0.1) is 23.7 Å². The van der Waals surface area contributed by atoms with Gasteiger partial charge in [-0.05, 0) is 71.5 Å². The van der Waals surface area contributed by atoms with Crippen molar-refractivity contribution in [2.75, 3.05) is 5.73 Å². The molecule has 2 amide bonds. The number of hydrogen-bond donors (Lipinski definition) is 4. The number of anilines is 1. The van der Waals surface area contributed by atoms with Crippen LogP contribution >= 0.6 is 0 Å². The minimum absolute atomic E-state index is 0.0793. The maximum absolute atomic E-state index is 14.5. The van der Waals surface area contributed by atoms with Crippen LogP contribution in [0.25, 0.3) is 10.9 Å². The molecule has 42 heavy (non-hydrogen) atoms. The second kappa shape index (κ2) is 11.5. The molecular weight excluding hydrogens is 550 g/mol. The van der Waals surface area contributed by atoms with E-state index in [0.717, 1.165) is 24.3 Å². The van der Waals surface area contributed by atoms with Crippen molar-refractivity contribution in [1.29, 1.82) is 0 Å². The molecular formula is C31H27F4N5O2. The van der Waals surface area contributed by atoms with E-state index in [4.69, 9.17) is 11.5 Å². The molecule has 216 valence electrons. The number of hydrogen-bond acceptors (Lipinski definition) is 4. The van der Waals surface area contributed by atoms with Crippen LogP contribution in [0, 0.1) is 23.4 Å². The van der Waals surface area contributed by atoms with Gasteiger partial charge >= 0.3 is 0 Å². The van der Waals surface area contributed by atoms with E-state index in [2.05, 4.69) is 15.3 Å². The average molecular weight is 578 g/mol. The van der Waals surface area contributed by atoms with Gasteiger partial charge in [-0.2, -0.15) is 0 Å². The molecule has 11 heteroatoms. The van der Waals surface area contributed by atoms with Crippen molar-refractivity contribution in [3.63, 3.8) is 0 Å². The van der Waals surface area contributed by atoms with Crippen molar-refractivity contribution < 1.29 is 27.2 Å². The number of aromatic amines is 1. The highest BCUT2D eigenvalue weighted by Gasteiger charge is 2.33. The Morgan fingerprint density at radius 3 is 2.48 bits per heavy atom. The zero-order valence-corrected chi connectivity index (χ0v) is 22.4. The van der Waals surface area contributed by atoms with Gasteiger partial charge in [-0.1, -0.05) is 19.1 Å². The quantitative estimate of drug-likeness (QED) is 0.215. The van der Waals surface area contributed by atoms with Gasteiger partial charge in [0.1, 0.15) is 29.1 Å². The van der Waals surface area contributed by atoms with Gasteiger partial charge in [0.2, 0.25) is 11.8 Å². The predicted octanol–water partition coefficient (Wildman–Crippen LogP) is 5.20. The third kappa shape index (κ3) is 5.90. The summed E-state index contributed by atoms with van der Waals surface area (Å²) in [6, 6.07) is 9.43. The smallest absolute Gasteiger partial charge is 0.247 e. The lowest BCUT2D eigenvalue weighted by Crippen LogP contribution is -2.33. The first-order valence-electron chi connectivity index (χ1n) is 13.1. The van der Waals surface area contributed by atoms with Crippen molar-refractivity contribution in [2.45, 2.75) is 31.7 Å². The minimum atomic E-state index is -0.951. The molecule has 0 saturated heterocycles. The van der Waals surface area contributed by atoms with E-state index in [-0.39, 0.29) is 35.5 Å². The fraction of sp³-hybridized carbons (Fsp3) is 0.194. The number of amides is 2. The number of nitrogens with one attached hydrogen (secondary N) is 2. The lowest BCUT2D eigenvalue weighted by atomic mass is 9.77. The monoisotopic (exact) mass is 577 g/mol. The number of H-pyrrole nitrogens is 1. The summed E-state index contributed by atoms with van der Waals surface area (Å²) in [5.41, 5.74) is 13.5. The lowest BCUT2D eigenvalue weighted by molar-refractivity contribution is -0.121. The van der Waals surface area contributed by atoms with Crippen molar-refractivity contribution in [1.82, 2.24) is 15.3 Å². The summed E-state index contributed by atoms with van der Waals surface area (Å²) >= 11 is 0. The number of allylic oxidation sites excluding steroid dienone is 3. The zero-order chi connectivity index (χ0) is 30.1. The number of halogens is 4. The van der Waals surface area contributed by atoms with Gasteiger partial charge in [0.15, 0.2) is 0 Å². The van der Waals surface area contributed by atoms with E-state index < -0.39 is 53.0 Å². The van der Waals surface area contributed by atoms with Crippen LogP contribution in [0.2, 0.25) is 0 Å². The van der Waals surface area contributed by atoms with Crippen LogP contribution in [-0.4, -0.2) is 21.8 Å². The number of rotatable bonds is 8. The van der Waals surface area contributed by atoms with Gasteiger partial charge < -0.3 is 21.8 Å². The summed E-state index contributed by atoms with van der Waals surface area (Å²) < 4.78 is 56.7. The second-order valence-electron chi connectivity index (χ2n) is 10.3. The van der Waals surface area contributed by atoms with Gasteiger partial charge in [-0.15, -0.1) is 0 Å². The number of pyridine rings is 1. The van der Waals surface area contributed by atoms with E-state index in [0.29, 0.717) is 22.0 Å². The highest BCUT2D eigenvalue weighted by Crippen LogP contribution is 2.40. The van der Waals surface area contributed by atoms with E-state index in [9.17, 15) is 27.2 Å². The first-order valence-corrected chi connectivity index (χ1v) is 13.1. The first kappa shape index (κ1) is 28.6. The lowest BCUT2D eigenvalue weighted by Gasteiger charge is -2.30. The first-order chi connectivity index (χ1) is 20.0. The number of carbonyl (C=O) groups excluding carboxylic acids is 2. The fourth-order valence-corrected chi connectivity index (χ4v) is 5.51. The molecule has 0 bridgehead atoms. The number of nitrogens with two attached hydrogens (primary N) is 2. The third-order valence-corrected chi connectivity index (χ3v) is 7.41. The molecule has 2 aromatic carbocycles. The number of primary amides is 1. The molecule has 0 saturated carbocycles. The summed E-state index contributed by atoms with van der Waals surface area (Å²) in [7, 11) is 0. The van der Waals surface area contributed by atoms with Crippen LogP contribution in [0.1, 0.15) is 41.3 Å². The molecule has 2 aromatic heterocycles. The van der Waals surface area contributed by atoms with Crippen molar-refractivity contribution in [3.8, 4) is 0 Å². The normalized spacial score (nSPS) is 17.5. The van der Waals surface area contributed by atoms with Crippen LogP contribution in [-0.2, 0) is 22.4 Å². The topological polar surface area (TPSA) is 127 Å². The number of aromatic nitrogens is 2. The molecule has 3 unspecified atom stereocenters. The van der Waals surface area contributed by atoms with Crippen LogP contribution < -0.4 is 16.8 Å². The molecule has 1 aliphatic carbocycles. The fourth-order valence-electron chi connectivity index (χ4n) is 5.51. The number of nitrogens with zero attached hydrogens (tertiary/aromatic N) is 1. The maximum Gasteiger partial charge on any atom is 0.247 e. The molecule has 6 N–H and O–H groups in total. The van der Waals surface area contributed by atoms with Crippen LogP contribution in [0.4, 0.5) is 23.4 Å². The largest absolute Gasteiger partial charge is 0.384 e. The van der Waals surface area contributed by atoms with Gasteiger partial charge in [-0.25, -0.2) is 22.5 Å². The highest BCUT2D eigenvalue weighted by molar-refractivity contribution is 5.94. The third-order valence-electron chi connectivity index (χ3n) is 7.41. The second-order valence-corrected chi connectivity index (χ2v) is 10.3. The van der Waals surface area contributed by atoms with E-state index in [1.807, 2.05) is 0 Å². The molecule has 2 heterocycles. The van der Waals surface area contributed by atoms with Crippen LogP contribution in [0.5, 0.6) is 0 Å². The standard InChI is InChI=1S/C31H27F4N5O2/c1-15-21(3-5-24(35)29(15)31(37)42)22-4-7-27(36)40-30(22)26(10-16-8-19(33)12-20(34)9-16)39-28(41)11-17-14-38-25-6-2-18(32)13-23(17)25/h2-9,12-15,21,26,38H,10-11H2,1H3,(H2,36,40)(H2,37,42)(H,39,41). The van der Waals surface area contributed by atoms with Gasteiger partial charge in [0, 0.05) is 29.1 Å². The van der Waals surface area contributed by atoms with E-state index in [1.54, 1.807) is 31.3 Å². The number of fused-ring (bicyclic) bond motifs is 1. The Balaban J connectivity index is 1.54. The number of carbonyl (C=O) groups is 2. The molecule has 3 atom stereocenters. The molecule has 0 spiro atoms. The average Bonchev–Trinajstić information content (AvgIpc) is 3.29. The minimum Gasteiger partial charge on any atom is -0.384 e. The van der Waals surface area contributed by atoms with Crippen LogP contribution in [0.15, 0.2) is 78.3 Å². The summed E-state index contributed by atoms with van der Waals surface area (Å²) in [6.45, 7) is 1.64. The molecule has 0 aliphatic heterocycles. The Hall–Kier alpha value is -4.93. The Labute approximate surface area is 238 Å². The molecule has 4 aromatic rings. The van der Waals surface area contributed by atoms with Crippen molar-refractivity contribution >= 4 is 28.5 Å². The number of benzene rings is 2. The van der Waals surface area contributed by atoms with Crippen molar-refractivity contribution in [3.05, 3.63) is 118 Å². The zero-order valence-electron chi connectivity index (χ0n) is 22.4. The Kier molecular flexibility index (Phi) is 7.84. The van der Waals surface area contributed by atoms with Gasteiger partial charge in [0.25, 0.3) is 0 Å². The molecule has 7 nitrogen and oxygen atoms in total. The number of nitrogen functional groups attached to an aromatic ring is 1. The molecule has 0 fully saturated rings. The highest BCUT2D eigenvalue weighted by atomic mass is 19.1. The Bertz CT molecular complexity index is 1740. The SMILES string of the molecule is CC1C(C(N)=O)=C(F)C=CC1c1ccc(N)nc1C(Cc1cc(F)cc(F)c1)NC(=O)Cc1c[nH]c2ccc(F)cc12. The summed E-state index contributed by atoms with van der Waals surface area (Å²) in [5.74, 6) is -5.36. The maximum atomic E-state index is 14.5. The molecule has 0 radical (unpaired) electrons. The van der Waals surface area contributed by atoms with E-state index >= 15 is 0 Å². The summed E-state index contributed by atoms with van der Waals surface area (Å²) in [6.07, 6.45) is 4.09.